The zero-order valence-corrected chi connectivity index (χ0v) is 8.53. The van der Waals surface area contributed by atoms with Gasteiger partial charge in [-0.2, -0.15) is 0 Å². The molecule has 0 unspecified atom stereocenters. The maximum absolute atomic E-state index is 7.25. The Hall–Kier alpha value is -1.66. The Morgan fingerprint density at radius 1 is 1.40 bits per heavy atom. The van der Waals surface area contributed by atoms with Gasteiger partial charge in [0.15, 0.2) is 5.70 Å². The van der Waals surface area contributed by atoms with Crippen LogP contribution in [0.2, 0.25) is 0 Å². The first kappa shape index (κ1) is 9.88. The maximum Gasteiger partial charge on any atom is 0.195 e. The lowest BCUT2D eigenvalue weighted by Gasteiger charge is -2.17. The summed E-state index contributed by atoms with van der Waals surface area (Å²) < 4.78 is 0. The SMILES string of the molecule is [C-]#[N+]C(=C1CCNCC1)c1cccnc1. The van der Waals surface area contributed by atoms with Crippen LogP contribution in [0.4, 0.5) is 0 Å². The van der Waals surface area contributed by atoms with Gasteiger partial charge in [0.25, 0.3) is 0 Å². The molecule has 15 heavy (non-hydrogen) atoms. The van der Waals surface area contributed by atoms with Crippen molar-refractivity contribution < 1.29 is 0 Å². The fraction of sp³-hybridized carbons (Fsp3) is 0.333. The molecule has 0 spiro atoms. The predicted octanol–water partition coefficient (Wildman–Crippen LogP) is 2.10. The minimum atomic E-state index is 0.796. The first-order valence-corrected chi connectivity index (χ1v) is 5.12. The van der Waals surface area contributed by atoms with Crippen molar-refractivity contribution in [1.82, 2.24) is 10.3 Å². The number of hydrogen-bond acceptors (Lipinski definition) is 2. The molecule has 0 saturated carbocycles. The van der Waals surface area contributed by atoms with Gasteiger partial charge in [-0.3, -0.25) is 4.98 Å². The molecule has 0 bridgehead atoms. The fourth-order valence-corrected chi connectivity index (χ4v) is 1.82. The third-order valence-electron chi connectivity index (χ3n) is 2.59. The highest BCUT2D eigenvalue weighted by atomic mass is 14.9. The molecule has 76 valence electrons. The van der Waals surface area contributed by atoms with Crippen LogP contribution in [0.3, 0.4) is 0 Å². The van der Waals surface area contributed by atoms with Crippen LogP contribution in [0.5, 0.6) is 0 Å². The van der Waals surface area contributed by atoms with E-state index < -0.39 is 0 Å². The molecule has 0 aromatic carbocycles. The Labute approximate surface area is 89.7 Å². The Bertz CT molecular complexity index is 393. The van der Waals surface area contributed by atoms with Crippen LogP contribution < -0.4 is 5.32 Å². The molecule has 0 aliphatic carbocycles. The highest BCUT2D eigenvalue weighted by molar-refractivity contribution is 5.73. The topological polar surface area (TPSA) is 29.3 Å². The number of piperidine rings is 1. The fourth-order valence-electron chi connectivity index (χ4n) is 1.82. The molecule has 0 radical (unpaired) electrons. The molecule has 3 nitrogen and oxygen atoms in total. The summed E-state index contributed by atoms with van der Waals surface area (Å²) in [6, 6.07) is 3.83. The van der Waals surface area contributed by atoms with Gasteiger partial charge in [0, 0.05) is 12.4 Å². The summed E-state index contributed by atoms with van der Waals surface area (Å²) in [7, 11) is 0. The first-order valence-electron chi connectivity index (χ1n) is 5.12. The van der Waals surface area contributed by atoms with Crippen LogP contribution in [-0.4, -0.2) is 18.1 Å². The summed E-state index contributed by atoms with van der Waals surface area (Å²) in [6.45, 7) is 9.21. The monoisotopic (exact) mass is 199 g/mol. The van der Waals surface area contributed by atoms with E-state index in [4.69, 9.17) is 6.57 Å². The van der Waals surface area contributed by atoms with Gasteiger partial charge in [0.1, 0.15) is 0 Å². The van der Waals surface area contributed by atoms with Crippen LogP contribution in [-0.2, 0) is 0 Å². The van der Waals surface area contributed by atoms with Crippen LogP contribution >= 0.6 is 0 Å². The Morgan fingerprint density at radius 2 is 2.20 bits per heavy atom. The van der Waals surface area contributed by atoms with E-state index in [9.17, 15) is 0 Å². The minimum Gasteiger partial charge on any atom is -0.316 e. The van der Waals surface area contributed by atoms with Crippen molar-refractivity contribution in [3.63, 3.8) is 0 Å². The third kappa shape index (κ3) is 2.23. The van der Waals surface area contributed by atoms with E-state index in [0.717, 1.165) is 37.2 Å². The predicted molar refractivity (Wildman–Crippen MR) is 59.9 cm³/mol. The molecule has 0 atom stereocenters. The molecule has 1 aliphatic rings. The van der Waals surface area contributed by atoms with E-state index in [1.165, 1.54) is 5.57 Å². The molecular weight excluding hydrogens is 186 g/mol. The third-order valence-corrected chi connectivity index (χ3v) is 2.59. The molecule has 1 fully saturated rings. The largest absolute Gasteiger partial charge is 0.316 e. The van der Waals surface area contributed by atoms with E-state index in [0.29, 0.717) is 0 Å². The van der Waals surface area contributed by atoms with Gasteiger partial charge < -0.3 is 5.32 Å². The van der Waals surface area contributed by atoms with Crippen molar-refractivity contribution in [3.8, 4) is 0 Å². The van der Waals surface area contributed by atoms with E-state index in [1.54, 1.807) is 12.4 Å². The number of nitrogens with one attached hydrogen (secondary N) is 1. The van der Waals surface area contributed by atoms with E-state index in [1.807, 2.05) is 12.1 Å². The van der Waals surface area contributed by atoms with Gasteiger partial charge in [-0.25, -0.2) is 4.85 Å². The normalized spacial score (nSPS) is 15.8. The molecular formula is C12H13N3. The summed E-state index contributed by atoms with van der Waals surface area (Å²) in [5.74, 6) is 0. The number of pyridine rings is 1. The summed E-state index contributed by atoms with van der Waals surface area (Å²) in [5.41, 5.74) is 3.01. The second kappa shape index (κ2) is 4.72. The smallest absolute Gasteiger partial charge is 0.195 e. The molecule has 3 heteroatoms. The van der Waals surface area contributed by atoms with Gasteiger partial charge in [0.05, 0.1) is 6.57 Å². The van der Waals surface area contributed by atoms with Crippen LogP contribution in [0.15, 0.2) is 30.1 Å². The summed E-state index contributed by atoms with van der Waals surface area (Å²) in [5, 5.41) is 3.29. The molecule has 1 N–H and O–H groups in total. The average Bonchev–Trinajstić information content (AvgIpc) is 2.33. The van der Waals surface area contributed by atoms with Crippen molar-refractivity contribution in [2.75, 3.05) is 13.1 Å². The molecule has 1 aromatic rings. The van der Waals surface area contributed by atoms with Gasteiger partial charge in [-0.15, -0.1) is 0 Å². The Balaban J connectivity index is 2.35. The second-order valence-electron chi connectivity index (χ2n) is 3.56. The number of aromatic nitrogens is 1. The molecule has 1 aromatic heterocycles. The molecule has 1 aliphatic heterocycles. The number of rotatable bonds is 1. The van der Waals surface area contributed by atoms with Gasteiger partial charge in [0.2, 0.25) is 0 Å². The van der Waals surface area contributed by atoms with Crippen molar-refractivity contribution in [2.45, 2.75) is 12.8 Å². The summed E-state index contributed by atoms with van der Waals surface area (Å²) >= 11 is 0. The highest BCUT2D eigenvalue weighted by Crippen LogP contribution is 2.24. The van der Waals surface area contributed by atoms with E-state index in [-0.39, 0.29) is 0 Å². The lowest BCUT2D eigenvalue weighted by atomic mass is 10.00. The average molecular weight is 199 g/mol. The van der Waals surface area contributed by atoms with Crippen LogP contribution in [0.1, 0.15) is 18.4 Å². The lowest BCUT2D eigenvalue weighted by Crippen LogP contribution is -2.23. The van der Waals surface area contributed by atoms with Crippen molar-refractivity contribution in [1.29, 1.82) is 0 Å². The van der Waals surface area contributed by atoms with Crippen LogP contribution in [0, 0.1) is 6.57 Å². The minimum absolute atomic E-state index is 0.796. The van der Waals surface area contributed by atoms with Crippen LogP contribution in [0.25, 0.3) is 10.5 Å². The summed E-state index contributed by atoms with van der Waals surface area (Å²) in [4.78, 5) is 7.70. The lowest BCUT2D eigenvalue weighted by molar-refractivity contribution is 0.612. The van der Waals surface area contributed by atoms with E-state index >= 15 is 0 Å². The van der Waals surface area contributed by atoms with Crippen molar-refractivity contribution >= 4 is 5.70 Å². The summed E-state index contributed by atoms with van der Waals surface area (Å²) in [6.07, 6.45) is 5.46. The quantitative estimate of drug-likeness (QED) is 0.702. The molecule has 1 saturated heterocycles. The van der Waals surface area contributed by atoms with Gasteiger partial charge in [-0.1, -0.05) is 11.6 Å². The zero-order chi connectivity index (χ0) is 10.5. The Kier molecular flexibility index (Phi) is 3.11. The zero-order valence-electron chi connectivity index (χ0n) is 8.53. The number of nitrogens with zero attached hydrogens (tertiary/aromatic N) is 2. The van der Waals surface area contributed by atoms with Gasteiger partial charge in [-0.05, 0) is 37.6 Å². The molecule has 0 amide bonds. The van der Waals surface area contributed by atoms with Crippen molar-refractivity contribution in [2.24, 2.45) is 0 Å². The van der Waals surface area contributed by atoms with Crippen molar-refractivity contribution in [3.05, 3.63) is 47.1 Å². The van der Waals surface area contributed by atoms with E-state index in [2.05, 4.69) is 15.1 Å². The first-order chi connectivity index (χ1) is 7.42. The Morgan fingerprint density at radius 3 is 2.80 bits per heavy atom. The second-order valence-corrected chi connectivity index (χ2v) is 3.56. The number of hydrogen-bond donors (Lipinski definition) is 1. The maximum atomic E-state index is 7.25. The molecule has 2 heterocycles. The van der Waals surface area contributed by atoms with Gasteiger partial charge >= 0.3 is 0 Å². The standard InChI is InChI=1S/C12H13N3/c1-13-12(10-4-7-14-8-5-10)11-3-2-6-15-9-11/h2-3,6,9,14H,4-5,7-8H2. The molecule has 2 rings (SSSR count). The highest BCUT2D eigenvalue weighted by Gasteiger charge is 2.12.